The number of aromatic nitrogens is 2. The molecule has 8 nitrogen and oxygen atoms in total. The third-order valence-electron chi connectivity index (χ3n) is 3.45. The number of aryl methyl sites for hydroxylation is 2. The first-order chi connectivity index (χ1) is 11.9. The van der Waals surface area contributed by atoms with Gasteiger partial charge in [-0.15, -0.1) is 0 Å². The number of carbonyl (C=O) groups is 2. The molecule has 0 unspecified atom stereocenters. The zero-order valence-corrected chi connectivity index (χ0v) is 13.9. The van der Waals surface area contributed by atoms with Crippen LogP contribution in [0, 0.1) is 6.92 Å². The molecular formula is C17H20N4O4. The molecule has 0 radical (unpaired) electrons. The van der Waals surface area contributed by atoms with Gasteiger partial charge < -0.3 is 15.2 Å². The van der Waals surface area contributed by atoms with E-state index in [9.17, 15) is 19.2 Å². The van der Waals surface area contributed by atoms with Gasteiger partial charge in [0.15, 0.2) is 0 Å². The maximum absolute atomic E-state index is 11.8. The minimum absolute atomic E-state index is 0.0749. The van der Waals surface area contributed by atoms with Crippen molar-refractivity contribution < 1.29 is 9.59 Å². The molecule has 8 heteroatoms. The predicted octanol–water partition coefficient (Wildman–Crippen LogP) is 0.380. The third kappa shape index (κ3) is 6.09. The van der Waals surface area contributed by atoms with E-state index in [2.05, 4.69) is 15.6 Å². The highest BCUT2D eigenvalue weighted by Gasteiger charge is 2.06. The molecule has 1 aromatic heterocycles. The number of nitrogens with zero attached hydrogens (tertiary/aromatic N) is 1. The fraction of sp³-hybridized carbons (Fsp3) is 0.294. The summed E-state index contributed by atoms with van der Waals surface area (Å²) in [6, 6.07) is 8.66. The van der Waals surface area contributed by atoms with Crippen molar-refractivity contribution in [1.82, 2.24) is 14.9 Å². The Morgan fingerprint density at radius 1 is 1.12 bits per heavy atom. The van der Waals surface area contributed by atoms with Crippen molar-refractivity contribution >= 4 is 17.5 Å². The van der Waals surface area contributed by atoms with Crippen LogP contribution in [-0.2, 0) is 16.1 Å². The number of aromatic amines is 1. The molecule has 0 saturated heterocycles. The lowest BCUT2D eigenvalue weighted by Crippen LogP contribution is -2.32. The number of anilines is 1. The molecule has 1 heterocycles. The van der Waals surface area contributed by atoms with Crippen LogP contribution >= 0.6 is 0 Å². The summed E-state index contributed by atoms with van der Waals surface area (Å²) in [5, 5.41) is 5.38. The number of rotatable bonds is 7. The lowest BCUT2D eigenvalue weighted by Gasteiger charge is -2.08. The normalized spacial score (nSPS) is 10.3. The Morgan fingerprint density at radius 3 is 2.64 bits per heavy atom. The van der Waals surface area contributed by atoms with Gasteiger partial charge in [0, 0.05) is 43.9 Å². The maximum Gasteiger partial charge on any atom is 0.328 e. The Bertz CT molecular complexity index is 869. The molecule has 0 spiro atoms. The van der Waals surface area contributed by atoms with Crippen LogP contribution in [0.1, 0.15) is 18.4 Å². The van der Waals surface area contributed by atoms with E-state index in [1.165, 1.54) is 16.8 Å². The molecule has 132 valence electrons. The maximum atomic E-state index is 11.8. The number of hydrogen-bond donors (Lipinski definition) is 3. The average molecular weight is 344 g/mol. The van der Waals surface area contributed by atoms with E-state index in [-0.39, 0.29) is 37.7 Å². The van der Waals surface area contributed by atoms with E-state index in [1.807, 2.05) is 25.1 Å². The third-order valence-corrected chi connectivity index (χ3v) is 3.45. The van der Waals surface area contributed by atoms with Crippen LogP contribution in [0.5, 0.6) is 0 Å². The van der Waals surface area contributed by atoms with Crippen LogP contribution in [0.4, 0.5) is 5.69 Å². The van der Waals surface area contributed by atoms with Gasteiger partial charge in [-0.1, -0.05) is 12.1 Å². The van der Waals surface area contributed by atoms with E-state index in [0.717, 1.165) is 5.56 Å². The first kappa shape index (κ1) is 18.2. The van der Waals surface area contributed by atoms with E-state index < -0.39 is 11.2 Å². The van der Waals surface area contributed by atoms with Crippen molar-refractivity contribution in [2.75, 3.05) is 11.9 Å². The molecule has 1 aromatic carbocycles. The van der Waals surface area contributed by atoms with Crippen molar-refractivity contribution in [3.05, 3.63) is 62.9 Å². The summed E-state index contributed by atoms with van der Waals surface area (Å²) < 4.78 is 1.24. The lowest BCUT2D eigenvalue weighted by molar-refractivity contribution is -0.121. The first-order valence-electron chi connectivity index (χ1n) is 7.87. The minimum Gasteiger partial charge on any atom is -0.356 e. The van der Waals surface area contributed by atoms with Gasteiger partial charge in [0.05, 0.1) is 0 Å². The number of benzene rings is 1. The van der Waals surface area contributed by atoms with Gasteiger partial charge in [-0.05, 0) is 24.6 Å². The second-order valence-electron chi connectivity index (χ2n) is 5.57. The molecule has 0 aliphatic rings. The molecule has 0 saturated carbocycles. The molecule has 0 atom stereocenters. The Balaban J connectivity index is 1.70. The monoisotopic (exact) mass is 344 g/mol. The number of carbonyl (C=O) groups excluding carboxylic acids is 2. The van der Waals surface area contributed by atoms with E-state index >= 15 is 0 Å². The van der Waals surface area contributed by atoms with Crippen LogP contribution in [0.15, 0.2) is 46.1 Å². The van der Waals surface area contributed by atoms with E-state index in [0.29, 0.717) is 5.69 Å². The standard InChI is InChI=1S/C17H20N4O4/c1-12-3-2-4-13(11-12)19-15(23)5-8-18-14(22)6-9-21-10-7-16(24)20-17(21)25/h2-4,7,10-11H,5-6,8-9H2,1H3,(H,18,22)(H,19,23)(H,20,24,25). The number of hydrogen-bond acceptors (Lipinski definition) is 4. The van der Waals surface area contributed by atoms with Crippen molar-refractivity contribution in [3.8, 4) is 0 Å². The summed E-state index contributed by atoms with van der Waals surface area (Å²) in [6.07, 6.45) is 1.56. The zero-order valence-electron chi connectivity index (χ0n) is 13.9. The molecule has 0 bridgehead atoms. The highest BCUT2D eigenvalue weighted by atomic mass is 16.2. The molecule has 2 amide bonds. The van der Waals surface area contributed by atoms with Gasteiger partial charge in [0.25, 0.3) is 5.56 Å². The van der Waals surface area contributed by atoms with Gasteiger partial charge in [-0.3, -0.25) is 19.4 Å². The number of nitrogens with one attached hydrogen (secondary N) is 3. The van der Waals surface area contributed by atoms with Gasteiger partial charge in [0.2, 0.25) is 11.8 Å². The van der Waals surface area contributed by atoms with Crippen LogP contribution in [0.25, 0.3) is 0 Å². The summed E-state index contributed by atoms with van der Waals surface area (Å²) in [5.41, 5.74) is 0.723. The Labute approximate surface area is 143 Å². The molecule has 3 N–H and O–H groups in total. The molecule has 0 aliphatic heterocycles. The van der Waals surface area contributed by atoms with E-state index in [1.54, 1.807) is 6.07 Å². The minimum atomic E-state index is -0.558. The van der Waals surface area contributed by atoms with Gasteiger partial charge >= 0.3 is 5.69 Å². The molecule has 25 heavy (non-hydrogen) atoms. The van der Waals surface area contributed by atoms with Crippen LogP contribution in [0.3, 0.4) is 0 Å². The Hall–Kier alpha value is -3.16. The second kappa shape index (κ2) is 8.62. The van der Waals surface area contributed by atoms with Gasteiger partial charge in [-0.2, -0.15) is 0 Å². The van der Waals surface area contributed by atoms with Crippen molar-refractivity contribution in [1.29, 1.82) is 0 Å². The predicted molar refractivity (Wildman–Crippen MR) is 93.4 cm³/mol. The SMILES string of the molecule is Cc1cccc(NC(=O)CCNC(=O)CCn2ccc(=O)[nH]c2=O)c1. The summed E-state index contributed by atoms with van der Waals surface area (Å²) in [4.78, 5) is 48.1. The summed E-state index contributed by atoms with van der Waals surface area (Å²) in [5.74, 6) is -0.468. The summed E-state index contributed by atoms with van der Waals surface area (Å²) in [7, 11) is 0. The molecule has 0 aliphatic carbocycles. The number of H-pyrrole nitrogens is 1. The second-order valence-corrected chi connectivity index (χ2v) is 5.57. The van der Waals surface area contributed by atoms with Crippen LogP contribution < -0.4 is 21.9 Å². The Kier molecular flexibility index (Phi) is 6.27. The van der Waals surface area contributed by atoms with Crippen LogP contribution in [-0.4, -0.2) is 27.9 Å². The quantitative estimate of drug-likeness (QED) is 0.674. The molecule has 0 fully saturated rings. The van der Waals surface area contributed by atoms with Crippen LogP contribution in [0.2, 0.25) is 0 Å². The summed E-state index contributed by atoms with van der Waals surface area (Å²) in [6.45, 7) is 2.29. The van der Waals surface area contributed by atoms with E-state index in [4.69, 9.17) is 0 Å². The summed E-state index contributed by atoms with van der Waals surface area (Å²) >= 11 is 0. The largest absolute Gasteiger partial charge is 0.356 e. The molecule has 2 rings (SSSR count). The number of amides is 2. The van der Waals surface area contributed by atoms with Crippen molar-refractivity contribution in [2.24, 2.45) is 0 Å². The average Bonchev–Trinajstić information content (AvgIpc) is 2.54. The topological polar surface area (TPSA) is 113 Å². The zero-order chi connectivity index (χ0) is 18.2. The Morgan fingerprint density at radius 2 is 1.92 bits per heavy atom. The fourth-order valence-corrected chi connectivity index (χ4v) is 2.19. The molecular weight excluding hydrogens is 324 g/mol. The first-order valence-corrected chi connectivity index (χ1v) is 7.87. The smallest absolute Gasteiger partial charge is 0.328 e. The van der Waals surface area contributed by atoms with Crippen molar-refractivity contribution in [2.45, 2.75) is 26.3 Å². The highest BCUT2D eigenvalue weighted by molar-refractivity contribution is 5.91. The highest BCUT2D eigenvalue weighted by Crippen LogP contribution is 2.09. The fourth-order valence-electron chi connectivity index (χ4n) is 2.19. The van der Waals surface area contributed by atoms with Gasteiger partial charge in [0.1, 0.15) is 0 Å². The molecule has 2 aromatic rings. The van der Waals surface area contributed by atoms with Gasteiger partial charge in [-0.25, -0.2) is 4.79 Å². The lowest BCUT2D eigenvalue weighted by atomic mass is 10.2. The van der Waals surface area contributed by atoms with Crippen molar-refractivity contribution in [3.63, 3.8) is 0 Å².